The first kappa shape index (κ1) is 20.6. The molecule has 1 heterocycles. The first-order valence-electron chi connectivity index (χ1n) is 9.60. The first-order valence-corrected chi connectivity index (χ1v) is 9.60. The molecule has 1 aromatic heterocycles. The molecule has 0 fully saturated rings. The van der Waals surface area contributed by atoms with E-state index in [9.17, 15) is 14.0 Å². The Morgan fingerprint density at radius 2 is 1.93 bits per heavy atom. The van der Waals surface area contributed by atoms with Crippen molar-refractivity contribution in [3.05, 3.63) is 75.3 Å². The van der Waals surface area contributed by atoms with Crippen LogP contribution < -0.4 is 15.6 Å². The lowest BCUT2D eigenvalue weighted by Gasteiger charge is -2.12. The zero-order valence-corrected chi connectivity index (χ0v) is 16.8. The molecule has 5 nitrogen and oxygen atoms in total. The Morgan fingerprint density at radius 1 is 1.21 bits per heavy atom. The van der Waals surface area contributed by atoms with Gasteiger partial charge >= 0.3 is 0 Å². The molecule has 3 rings (SSSR count). The van der Waals surface area contributed by atoms with E-state index in [4.69, 9.17) is 4.74 Å². The summed E-state index contributed by atoms with van der Waals surface area (Å²) in [5.74, 6) is 0.211. The largest absolute Gasteiger partial charge is 0.495 e. The number of rotatable bonds is 7. The number of carbonyl (C=O) groups excluding carboxylic acids is 1. The monoisotopic (exact) mass is 396 g/mol. The summed E-state index contributed by atoms with van der Waals surface area (Å²) in [4.78, 5) is 27.5. The number of fused-ring (bicyclic) bond motifs is 1. The SMILES string of the molecule is COc1ccc(C)c2cc(CCNC(=O)CC(C)c3ccc(F)cc3)c(=O)[nH]c12. The average Bonchev–Trinajstić information content (AvgIpc) is 2.69. The number of H-pyrrole nitrogens is 1. The second kappa shape index (κ2) is 8.90. The number of benzene rings is 2. The number of ether oxygens (including phenoxy) is 1. The highest BCUT2D eigenvalue weighted by Gasteiger charge is 2.12. The van der Waals surface area contributed by atoms with Crippen LogP contribution in [0.2, 0.25) is 0 Å². The zero-order valence-electron chi connectivity index (χ0n) is 16.8. The lowest BCUT2D eigenvalue weighted by atomic mass is 9.97. The molecule has 1 atom stereocenters. The van der Waals surface area contributed by atoms with Crippen molar-refractivity contribution in [1.29, 1.82) is 0 Å². The van der Waals surface area contributed by atoms with Crippen LogP contribution in [-0.2, 0) is 11.2 Å². The number of aryl methyl sites for hydroxylation is 1. The van der Waals surface area contributed by atoms with E-state index < -0.39 is 0 Å². The number of hydrogen-bond acceptors (Lipinski definition) is 3. The molecular weight excluding hydrogens is 371 g/mol. The summed E-state index contributed by atoms with van der Waals surface area (Å²) in [6, 6.07) is 11.8. The Balaban J connectivity index is 1.62. The highest BCUT2D eigenvalue weighted by Crippen LogP contribution is 2.26. The normalized spacial score (nSPS) is 12.0. The summed E-state index contributed by atoms with van der Waals surface area (Å²) < 4.78 is 18.3. The van der Waals surface area contributed by atoms with Crippen molar-refractivity contribution in [3.63, 3.8) is 0 Å². The molecule has 0 aliphatic rings. The molecule has 29 heavy (non-hydrogen) atoms. The highest BCUT2D eigenvalue weighted by atomic mass is 19.1. The van der Waals surface area contributed by atoms with Gasteiger partial charge in [0.1, 0.15) is 11.6 Å². The molecule has 0 radical (unpaired) electrons. The van der Waals surface area contributed by atoms with Crippen LogP contribution in [0.5, 0.6) is 5.75 Å². The molecule has 1 amide bonds. The van der Waals surface area contributed by atoms with Crippen molar-refractivity contribution >= 4 is 16.8 Å². The van der Waals surface area contributed by atoms with Crippen LogP contribution in [0.1, 0.15) is 36.0 Å². The summed E-state index contributed by atoms with van der Waals surface area (Å²) in [5.41, 5.74) is 3.06. The second-order valence-corrected chi connectivity index (χ2v) is 7.25. The molecule has 0 bridgehead atoms. The predicted molar refractivity (Wildman–Crippen MR) is 112 cm³/mol. The van der Waals surface area contributed by atoms with Crippen LogP contribution in [0.25, 0.3) is 10.9 Å². The molecule has 0 aliphatic heterocycles. The molecule has 0 saturated carbocycles. The van der Waals surface area contributed by atoms with E-state index in [-0.39, 0.29) is 23.2 Å². The zero-order chi connectivity index (χ0) is 21.0. The Hall–Kier alpha value is -3.15. The van der Waals surface area contributed by atoms with Crippen LogP contribution in [0.4, 0.5) is 4.39 Å². The maximum atomic E-state index is 13.0. The Labute approximate surface area is 168 Å². The minimum absolute atomic E-state index is 0.0187. The number of aromatic amines is 1. The maximum Gasteiger partial charge on any atom is 0.251 e. The smallest absolute Gasteiger partial charge is 0.251 e. The average molecular weight is 396 g/mol. The fourth-order valence-electron chi connectivity index (χ4n) is 3.40. The minimum Gasteiger partial charge on any atom is -0.495 e. The van der Waals surface area contributed by atoms with E-state index in [0.29, 0.717) is 36.2 Å². The summed E-state index contributed by atoms with van der Waals surface area (Å²) >= 11 is 0. The number of amides is 1. The van der Waals surface area contributed by atoms with Gasteiger partial charge in [0.25, 0.3) is 5.56 Å². The number of halogens is 1. The van der Waals surface area contributed by atoms with Crippen LogP contribution >= 0.6 is 0 Å². The third kappa shape index (κ3) is 4.83. The van der Waals surface area contributed by atoms with Gasteiger partial charge in [-0.25, -0.2) is 4.39 Å². The topological polar surface area (TPSA) is 71.2 Å². The summed E-state index contributed by atoms with van der Waals surface area (Å²) in [6.07, 6.45) is 0.731. The standard InChI is InChI=1S/C23H25FN2O3/c1-14-4-9-20(29-3)22-19(14)13-17(23(28)26-22)10-11-25-21(27)12-15(2)16-5-7-18(24)8-6-16/h4-9,13,15H,10-12H2,1-3H3,(H,25,27)(H,26,28). The van der Waals surface area contributed by atoms with Crippen LogP contribution in [-0.4, -0.2) is 24.5 Å². The fraction of sp³-hybridized carbons (Fsp3) is 0.304. The van der Waals surface area contributed by atoms with Gasteiger partial charge in [0.15, 0.2) is 0 Å². The molecule has 152 valence electrons. The molecule has 3 aromatic rings. The summed E-state index contributed by atoms with van der Waals surface area (Å²) in [6.45, 7) is 4.27. The summed E-state index contributed by atoms with van der Waals surface area (Å²) in [5, 5.41) is 3.79. The van der Waals surface area contributed by atoms with Gasteiger partial charge in [0.05, 0.1) is 12.6 Å². The third-order valence-electron chi connectivity index (χ3n) is 5.14. The first-order chi connectivity index (χ1) is 13.9. The second-order valence-electron chi connectivity index (χ2n) is 7.25. The number of methoxy groups -OCH3 is 1. The number of pyridine rings is 1. The van der Waals surface area contributed by atoms with Gasteiger partial charge in [-0.3, -0.25) is 9.59 Å². The van der Waals surface area contributed by atoms with E-state index in [1.807, 2.05) is 32.0 Å². The molecule has 2 N–H and O–H groups in total. The van der Waals surface area contributed by atoms with Crippen molar-refractivity contribution in [1.82, 2.24) is 10.3 Å². The highest BCUT2D eigenvalue weighted by molar-refractivity contribution is 5.87. The van der Waals surface area contributed by atoms with Crippen molar-refractivity contribution < 1.29 is 13.9 Å². The van der Waals surface area contributed by atoms with Gasteiger partial charge in [-0.15, -0.1) is 0 Å². The number of aromatic nitrogens is 1. The Kier molecular flexibility index (Phi) is 6.32. The number of carbonyl (C=O) groups is 1. The van der Waals surface area contributed by atoms with E-state index in [2.05, 4.69) is 10.3 Å². The van der Waals surface area contributed by atoms with Gasteiger partial charge in [0, 0.05) is 23.9 Å². The fourth-order valence-corrected chi connectivity index (χ4v) is 3.40. The van der Waals surface area contributed by atoms with E-state index in [0.717, 1.165) is 16.5 Å². The lowest BCUT2D eigenvalue weighted by Crippen LogP contribution is -2.28. The van der Waals surface area contributed by atoms with E-state index >= 15 is 0 Å². The van der Waals surface area contributed by atoms with Crippen molar-refractivity contribution in [2.75, 3.05) is 13.7 Å². The van der Waals surface area contributed by atoms with Gasteiger partial charge < -0.3 is 15.0 Å². The van der Waals surface area contributed by atoms with Crippen LogP contribution in [0.15, 0.2) is 47.3 Å². The van der Waals surface area contributed by atoms with Gasteiger partial charge in [-0.05, 0) is 54.7 Å². The van der Waals surface area contributed by atoms with Crippen molar-refractivity contribution in [2.24, 2.45) is 0 Å². The van der Waals surface area contributed by atoms with Crippen LogP contribution in [0, 0.1) is 12.7 Å². The van der Waals surface area contributed by atoms with Gasteiger partial charge in [-0.1, -0.05) is 25.1 Å². The predicted octanol–water partition coefficient (Wildman–Crippen LogP) is 3.84. The number of hydrogen-bond donors (Lipinski definition) is 2. The summed E-state index contributed by atoms with van der Waals surface area (Å²) in [7, 11) is 1.57. The number of nitrogens with one attached hydrogen (secondary N) is 2. The van der Waals surface area contributed by atoms with Gasteiger partial charge in [-0.2, -0.15) is 0 Å². The Bertz CT molecular complexity index is 1070. The molecule has 0 aliphatic carbocycles. The van der Waals surface area contributed by atoms with E-state index in [1.165, 1.54) is 12.1 Å². The van der Waals surface area contributed by atoms with Crippen molar-refractivity contribution in [2.45, 2.75) is 32.6 Å². The quantitative estimate of drug-likeness (QED) is 0.638. The van der Waals surface area contributed by atoms with Crippen molar-refractivity contribution in [3.8, 4) is 5.75 Å². The molecule has 0 spiro atoms. The molecule has 2 aromatic carbocycles. The van der Waals surface area contributed by atoms with Gasteiger partial charge in [0.2, 0.25) is 5.91 Å². The Morgan fingerprint density at radius 3 is 2.62 bits per heavy atom. The molecular formula is C23H25FN2O3. The molecule has 6 heteroatoms. The molecule has 0 saturated heterocycles. The van der Waals surface area contributed by atoms with Crippen LogP contribution in [0.3, 0.4) is 0 Å². The third-order valence-corrected chi connectivity index (χ3v) is 5.14. The minimum atomic E-state index is -0.293. The van der Waals surface area contributed by atoms with E-state index in [1.54, 1.807) is 19.2 Å². The maximum absolute atomic E-state index is 13.0. The lowest BCUT2D eigenvalue weighted by molar-refractivity contribution is -0.121. The molecule has 1 unspecified atom stereocenters.